The second-order valence-electron chi connectivity index (χ2n) is 8.58. The Balaban J connectivity index is 1.66. The van der Waals surface area contributed by atoms with Gasteiger partial charge in [-0.2, -0.15) is 0 Å². The Morgan fingerprint density at radius 1 is 1.23 bits per heavy atom. The van der Waals surface area contributed by atoms with E-state index in [4.69, 9.17) is 0 Å². The molecule has 7 nitrogen and oxygen atoms in total. The fraction of sp³-hybridized carbons (Fsp3) is 0.417. The summed E-state index contributed by atoms with van der Waals surface area (Å²) in [7, 11) is 0. The zero-order chi connectivity index (χ0) is 21.5. The summed E-state index contributed by atoms with van der Waals surface area (Å²) in [5, 5.41) is 3.23. The second kappa shape index (κ2) is 7.80. The van der Waals surface area contributed by atoms with Crippen LogP contribution in [0.5, 0.6) is 0 Å². The number of H-pyrrole nitrogens is 1. The highest BCUT2D eigenvalue weighted by atomic mass is 16.2. The van der Waals surface area contributed by atoms with E-state index in [0.717, 1.165) is 49.9 Å². The van der Waals surface area contributed by atoms with E-state index in [2.05, 4.69) is 21.4 Å². The molecule has 2 aliphatic carbocycles. The number of hydrogen-bond acceptors (Lipinski definition) is 4. The predicted octanol–water partition coefficient (Wildman–Crippen LogP) is 3.50. The van der Waals surface area contributed by atoms with Gasteiger partial charge in [0.1, 0.15) is 0 Å². The molecule has 2 heterocycles. The Labute approximate surface area is 179 Å². The lowest BCUT2D eigenvalue weighted by molar-refractivity contribution is 0.102. The number of anilines is 1. The summed E-state index contributed by atoms with van der Waals surface area (Å²) in [5.74, 6) is -0.0506. The van der Waals surface area contributed by atoms with Crippen molar-refractivity contribution in [3.8, 4) is 0 Å². The van der Waals surface area contributed by atoms with Crippen molar-refractivity contribution < 1.29 is 4.79 Å². The molecular weight excluding hydrogens is 392 g/mol. The Bertz CT molecular complexity index is 1300. The van der Waals surface area contributed by atoms with Crippen LogP contribution in [0.15, 0.2) is 33.9 Å². The predicted molar refractivity (Wildman–Crippen MR) is 120 cm³/mol. The van der Waals surface area contributed by atoms with E-state index in [-0.39, 0.29) is 22.8 Å². The van der Waals surface area contributed by atoms with Gasteiger partial charge in [-0.1, -0.05) is 19.1 Å². The number of pyridine rings is 1. The first-order valence-corrected chi connectivity index (χ1v) is 11.2. The van der Waals surface area contributed by atoms with E-state index in [0.29, 0.717) is 18.6 Å². The van der Waals surface area contributed by atoms with Crippen LogP contribution in [0, 0.1) is 0 Å². The molecule has 0 aliphatic heterocycles. The standard InChI is InChI=1S/C24H26N4O3/c1-2-12-28-21-20(23(30)27-24(28)31)17(13-19(25-21)15-10-11-15)22(29)26-18-9-5-7-14-6-3-4-8-16(14)18/h5,7,9,13,15H,2-4,6,8,10-12H2,1H3,(H,26,29)(H,27,30,31). The van der Waals surface area contributed by atoms with Gasteiger partial charge >= 0.3 is 5.69 Å². The summed E-state index contributed by atoms with van der Waals surface area (Å²) in [5.41, 5.74) is 3.58. The van der Waals surface area contributed by atoms with Crippen LogP contribution < -0.4 is 16.6 Å². The number of carbonyl (C=O) groups excluding carboxylic acids is 1. The summed E-state index contributed by atoms with van der Waals surface area (Å²) in [6, 6.07) is 7.74. The largest absolute Gasteiger partial charge is 0.329 e. The van der Waals surface area contributed by atoms with Crippen LogP contribution >= 0.6 is 0 Å². The van der Waals surface area contributed by atoms with Crippen LogP contribution in [0.4, 0.5) is 5.69 Å². The van der Waals surface area contributed by atoms with E-state index >= 15 is 0 Å². The molecule has 2 aliphatic rings. The van der Waals surface area contributed by atoms with E-state index < -0.39 is 11.2 Å². The van der Waals surface area contributed by atoms with Crippen molar-refractivity contribution in [2.45, 2.75) is 64.3 Å². The third kappa shape index (κ3) is 3.58. The molecule has 160 valence electrons. The molecule has 7 heteroatoms. The number of rotatable bonds is 5. The van der Waals surface area contributed by atoms with Crippen LogP contribution in [-0.2, 0) is 19.4 Å². The molecule has 1 fully saturated rings. The molecule has 31 heavy (non-hydrogen) atoms. The van der Waals surface area contributed by atoms with Crippen LogP contribution in [0.1, 0.15) is 72.1 Å². The van der Waals surface area contributed by atoms with Crippen molar-refractivity contribution in [1.82, 2.24) is 14.5 Å². The van der Waals surface area contributed by atoms with Gasteiger partial charge in [0.05, 0.1) is 10.9 Å². The summed E-state index contributed by atoms with van der Waals surface area (Å²) in [6.07, 6.45) is 6.95. The minimum absolute atomic E-state index is 0.180. The number of aromatic nitrogens is 3. The number of nitrogens with zero attached hydrogens (tertiary/aromatic N) is 2. The van der Waals surface area contributed by atoms with Crippen molar-refractivity contribution in [2.24, 2.45) is 0 Å². The van der Waals surface area contributed by atoms with Gasteiger partial charge in [-0.05, 0) is 68.2 Å². The summed E-state index contributed by atoms with van der Waals surface area (Å²) >= 11 is 0. The molecule has 1 amide bonds. The van der Waals surface area contributed by atoms with E-state index in [1.165, 1.54) is 15.7 Å². The highest BCUT2D eigenvalue weighted by Gasteiger charge is 2.29. The normalized spacial score (nSPS) is 15.6. The van der Waals surface area contributed by atoms with Crippen LogP contribution in [0.25, 0.3) is 11.0 Å². The molecule has 1 saturated carbocycles. The number of fused-ring (bicyclic) bond motifs is 2. The van der Waals surface area contributed by atoms with Crippen molar-refractivity contribution in [2.75, 3.05) is 5.32 Å². The number of amides is 1. The van der Waals surface area contributed by atoms with Gasteiger partial charge in [0.25, 0.3) is 11.5 Å². The highest BCUT2D eigenvalue weighted by Crippen LogP contribution is 2.40. The van der Waals surface area contributed by atoms with Gasteiger partial charge in [-0.25, -0.2) is 9.78 Å². The summed E-state index contributed by atoms with van der Waals surface area (Å²) < 4.78 is 1.48. The molecule has 2 N–H and O–H groups in total. The van der Waals surface area contributed by atoms with Gasteiger partial charge in [-0.3, -0.25) is 19.1 Å². The third-order valence-corrected chi connectivity index (χ3v) is 6.30. The lowest BCUT2D eigenvalue weighted by Gasteiger charge is -2.20. The van der Waals surface area contributed by atoms with Crippen LogP contribution in [0.2, 0.25) is 0 Å². The van der Waals surface area contributed by atoms with Crippen molar-refractivity contribution >= 4 is 22.6 Å². The fourth-order valence-electron chi connectivity index (χ4n) is 4.58. The monoisotopic (exact) mass is 418 g/mol. The minimum Gasteiger partial charge on any atom is -0.322 e. The number of hydrogen-bond donors (Lipinski definition) is 2. The zero-order valence-corrected chi connectivity index (χ0v) is 17.7. The van der Waals surface area contributed by atoms with Gasteiger partial charge < -0.3 is 5.32 Å². The SMILES string of the molecule is CCCn1c(=O)[nH]c(=O)c2c(C(=O)Nc3cccc4c3CCCC4)cc(C3CC3)nc21. The first kappa shape index (κ1) is 19.7. The van der Waals surface area contributed by atoms with Crippen molar-refractivity contribution in [1.29, 1.82) is 0 Å². The maximum atomic E-state index is 13.4. The van der Waals surface area contributed by atoms with Crippen LogP contribution in [0.3, 0.4) is 0 Å². The molecule has 0 saturated heterocycles. The Morgan fingerprint density at radius 2 is 2.03 bits per heavy atom. The van der Waals surface area contributed by atoms with Gasteiger partial charge in [0.2, 0.25) is 0 Å². The van der Waals surface area contributed by atoms with Gasteiger partial charge in [0.15, 0.2) is 5.65 Å². The average Bonchev–Trinajstić information content (AvgIpc) is 3.61. The third-order valence-electron chi connectivity index (χ3n) is 6.30. The molecule has 3 aromatic rings. The number of carbonyl (C=O) groups is 1. The van der Waals surface area contributed by atoms with Crippen molar-refractivity contribution in [3.05, 3.63) is 67.5 Å². The number of aromatic amines is 1. The van der Waals surface area contributed by atoms with Gasteiger partial charge in [-0.15, -0.1) is 0 Å². The maximum Gasteiger partial charge on any atom is 0.329 e. The smallest absolute Gasteiger partial charge is 0.322 e. The number of benzene rings is 1. The topological polar surface area (TPSA) is 96.9 Å². The number of nitrogens with one attached hydrogen (secondary N) is 2. The Morgan fingerprint density at radius 3 is 2.81 bits per heavy atom. The molecule has 0 atom stereocenters. The summed E-state index contributed by atoms with van der Waals surface area (Å²) in [6.45, 7) is 2.39. The molecule has 5 rings (SSSR count). The first-order chi connectivity index (χ1) is 15.1. The molecule has 2 aromatic heterocycles. The lowest BCUT2D eigenvalue weighted by atomic mass is 9.90. The average molecular weight is 418 g/mol. The first-order valence-electron chi connectivity index (χ1n) is 11.2. The van der Waals surface area contributed by atoms with Crippen molar-refractivity contribution in [3.63, 3.8) is 0 Å². The maximum absolute atomic E-state index is 13.4. The van der Waals surface area contributed by atoms with Crippen LogP contribution in [-0.4, -0.2) is 20.4 Å². The molecule has 0 radical (unpaired) electrons. The Hall–Kier alpha value is -3.22. The molecule has 0 spiro atoms. The Kier molecular flexibility index (Phi) is 4.96. The van der Waals surface area contributed by atoms with E-state index in [1.807, 2.05) is 19.1 Å². The minimum atomic E-state index is -0.567. The van der Waals surface area contributed by atoms with E-state index in [9.17, 15) is 14.4 Å². The van der Waals surface area contributed by atoms with Gasteiger partial charge in [0, 0.05) is 23.8 Å². The van der Waals surface area contributed by atoms with E-state index in [1.54, 1.807) is 6.07 Å². The summed E-state index contributed by atoms with van der Waals surface area (Å²) in [4.78, 5) is 45.7. The molecule has 0 unspecified atom stereocenters. The molecule has 1 aromatic carbocycles. The molecule has 0 bridgehead atoms. The highest BCUT2D eigenvalue weighted by molar-refractivity contribution is 6.12. The quantitative estimate of drug-likeness (QED) is 0.663. The second-order valence-corrected chi connectivity index (χ2v) is 8.58. The fourth-order valence-corrected chi connectivity index (χ4v) is 4.58. The molecular formula is C24H26N4O3. The lowest BCUT2D eigenvalue weighted by Crippen LogP contribution is -2.32. The zero-order valence-electron chi connectivity index (χ0n) is 17.7. The number of aryl methyl sites for hydroxylation is 2.